The number of rotatable bonds is 12. The Balaban J connectivity index is 3.03. The average molecular weight is 256 g/mol. The molecule has 0 unspecified atom stereocenters. The highest BCUT2D eigenvalue weighted by Crippen LogP contribution is 2.07. The monoisotopic (exact) mass is 256 g/mol. The fourth-order valence-electron chi connectivity index (χ4n) is 1.64. The van der Waals surface area contributed by atoms with Gasteiger partial charge in [0, 0.05) is 12.7 Å². The van der Waals surface area contributed by atoms with Crippen molar-refractivity contribution in [1.82, 2.24) is 0 Å². The molecule has 0 atom stereocenters. The van der Waals surface area contributed by atoms with Crippen LogP contribution in [-0.2, 0) is 14.3 Å². The van der Waals surface area contributed by atoms with E-state index < -0.39 is 0 Å². The summed E-state index contributed by atoms with van der Waals surface area (Å²) in [6.07, 6.45) is 9.81. The summed E-state index contributed by atoms with van der Waals surface area (Å²) in [4.78, 5) is 10.7. The summed E-state index contributed by atoms with van der Waals surface area (Å²) in [5.74, 6) is -0.319. The van der Waals surface area contributed by atoms with Gasteiger partial charge < -0.3 is 9.47 Å². The third kappa shape index (κ3) is 13.2. The molecule has 0 heterocycles. The van der Waals surface area contributed by atoms with E-state index in [1.54, 1.807) is 0 Å². The van der Waals surface area contributed by atoms with Crippen LogP contribution in [0.25, 0.3) is 0 Å². The van der Waals surface area contributed by atoms with Crippen LogP contribution in [0.3, 0.4) is 0 Å². The highest BCUT2D eigenvalue weighted by atomic mass is 16.5. The number of carbonyl (C=O) groups excluding carboxylic acids is 1. The molecule has 0 bridgehead atoms. The largest absolute Gasteiger partial charge is 0.463 e. The third-order valence-electron chi connectivity index (χ3n) is 2.65. The zero-order valence-corrected chi connectivity index (χ0v) is 12.0. The number of ether oxygens (including phenoxy) is 2. The van der Waals surface area contributed by atoms with Gasteiger partial charge in [-0.05, 0) is 26.7 Å². The quantitative estimate of drug-likeness (QED) is 0.302. The molecule has 0 aliphatic heterocycles. The lowest BCUT2D eigenvalue weighted by Gasteiger charge is -2.06. The lowest BCUT2D eigenvalue weighted by Crippen LogP contribution is -2.03. The molecule has 0 aromatic rings. The van der Waals surface area contributed by atoms with Crippen molar-refractivity contribution in [3.8, 4) is 0 Å². The van der Waals surface area contributed by atoms with Crippen molar-refractivity contribution in [3.05, 3.63) is 12.7 Å². The Morgan fingerprint density at radius 1 is 1.00 bits per heavy atom. The van der Waals surface area contributed by atoms with Crippen molar-refractivity contribution in [2.45, 2.75) is 64.9 Å². The lowest BCUT2D eigenvalue weighted by atomic mass is 10.1. The molecular formula is C15H28O3. The molecule has 3 heteroatoms. The van der Waals surface area contributed by atoms with Gasteiger partial charge in [0.2, 0.25) is 0 Å². The van der Waals surface area contributed by atoms with Gasteiger partial charge in [-0.15, -0.1) is 0 Å². The van der Waals surface area contributed by atoms with Crippen LogP contribution < -0.4 is 0 Å². The minimum absolute atomic E-state index is 0.319. The first kappa shape index (κ1) is 17.2. The Morgan fingerprint density at radius 3 is 2.00 bits per heavy atom. The second-order valence-corrected chi connectivity index (χ2v) is 4.77. The Labute approximate surface area is 112 Å². The summed E-state index contributed by atoms with van der Waals surface area (Å²) >= 11 is 0. The van der Waals surface area contributed by atoms with E-state index in [0.717, 1.165) is 25.9 Å². The average Bonchev–Trinajstić information content (AvgIpc) is 2.35. The highest BCUT2D eigenvalue weighted by molar-refractivity contribution is 5.81. The molecule has 0 aromatic carbocycles. The molecule has 0 fully saturated rings. The number of unbranched alkanes of at least 4 members (excludes halogenated alkanes) is 6. The normalized spacial score (nSPS) is 10.6. The Morgan fingerprint density at radius 2 is 1.50 bits per heavy atom. The van der Waals surface area contributed by atoms with E-state index in [1.807, 2.05) is 0 Å². The van der Waals surface area contributed by atoms with Gasteiger partial charge in [0.25, 0.3) is 0 Å². The molecule has 3 nitrogen and oxygen atoms in total. The molecule has 0 aromatic heterocycles. The van der Waals surface area contributed by atoms with Crippen molar-refractivity contribution in [3.63, 3.8) is 0 Å². The standard InChI is InChI=1S/C15H28O3/c1-4-15(16)18-13-11-9-7-5-6-8-10-12-17-14(2)3/h4,14H,1,5-13H2,2-3H3. The number of carbonyl (C=O) groups is 1. The number of hydrogen-bond donors (Lipinski definition) is 0. The van der Waals surface area contributed by atoms with Crippen LogP contribution in [0, 0.1) is 0 Å². The van der Waals surface area contributed by atoms with Gasteiger partial charge in [-0.25, -0.2) is 4.79 Å². The molecule has 0 saturated heterocycles. The van der Waals surface area contributed by atoms with E-state index in [1.165, 1.54) is 31.8 Å². The van der Waals surface area contributed by atoms with Crippen molar-refractivity contribution in [1.29, 1.82) is 0 Å². The second kappa shape index (κ2) is 12.6. The fraction of sp³-hybridized carbons (Fsp3) is 0.800. The predicted molar refractivity (Wildman–Crippen MR) is 74.6 cm³/mol. The molecule has 0 rings (SSSR count). The van der Waals surface area contributed by atoms with E-state index in [4.69, 9.17) is 9.47 Å². The van der Waals surface area contributed by atoms with Gasteiger partial charge in [0.1, 0.15) is 0 Å². The summed E-state index contributed by atoms with van der Waals surface area (Å²) in [5.41, 5.74) is 0. The number of hydrogen-bond acceptors (Lipinski definition) is 3. The zero-order valence-electron chi connectivity index (χ0n) is 12.0. The Hall–Kier alpha value is -0.830. The van der Waals surface area contributed by atoms with Gasteiger partial charge in [0.15, 0.2) is 0 Å². The SMILES string of the molecule is C=CC(=O)OCCCCCCCCCOC(C)C. The summed E-state index contributed by atoms with van der Waals surface area (Å²) in [5, 5.41) is 0. The molecule has 0 radical (unpaired) electrons. The lowest BCUT2D eigenvalue weighted by molar-refractivity contribution is -0.137. The van der Waals surface area contributed by atoms with Crippen LogP contribution in [0.4, 0.5) is 0 Å². The van der Waals surface area contributed by atoms with Crippen molar-refractivity contribution in [2.24, 2.45) is 0 Å². The first-order valence-electron chi connectivity index (χ1n) is 7.07. The van der Waals surface area contributed by atoms with Crippen molar-refractivity contribution in [2.75, 3.05) is 13.2 Å². The topological polar surface area (TPSA) is 35.5 Å². The van der Waals surface area contributed by atoms with Gasteiger partial charge in [-0.1, -0.05) is 38.7 Å². The van der Waals surface area contributed by atoms with E-state index in [-0.39, 0.29) is 5.97 Å². The van der Waals surface area contributed by atoms with Crippen LogP contribution in [0.1, 0.15) is 58.8 Å². The summed E-state index contributed by atoms with van der Waals surface area (Å²) < 4.78 is 10.4. The van der Waals surface area contributed by atoms with E-state index >= 15 is 0 Å². The van der Waals surface area contributed by atoms with Gasteiger partial charge in [-0.2, -0.15) is 0 Å². The second-order valence-electron chi connectivity index (χ2n) is 4.77. The molecule has 0 aliphatic carbocycles. The molecule has 0 N–H and O–H groups in total. The molecule has 0 amide bonds. The summed E-state index contributed by atoms with van der Waals surface area (Å²) in [6, 6.07) is 0. The minimum Gasteiger partial charge on any atom is -0.463 e. The van der Waals surface area contributed by atoms with Crippen LogP contribution in [0.2, 0.25) is 0 Å². The highest BCUT2D eigenvalue weighted by Gasteiger charge is 1.96. The van der Waals surface area contributed by atoms with Crippen LogP contribution >= 0.6 is 0 Å². The maximum absolute atomic E-state index is 10.7. The Bertz CT molecular complexity index is 212. The van der Waals surface area contributed by atoms with Crippen LogP contribution in [-0.4, -0.2) is 25.3 Å². The summed E-state index contributed by atoms with van der Waals surface area (Å²) in [6.45, 7) is 8.89. The minimum atomic E-state index is -0.319. The first-order valence-corrected chi connectivity index (χ1v) is 7.07. The first-order chi connectivity index (χ1) is 8.66. The maximum atomic E-state index is 10.7. The molecule has 18 heavy (non-hydrogen) atoms. The Kier molecular flexibility index (Phi) is 12.0. The molecule has 106 valence electrons. The predicted octanol–water partition coefficient (Wildman–Crippen LogP) is 3.87. The molecular weight excluding hydrogens is 228 g/mol. The van der Waals surface area contributed by atoms with Gasteiger partial charge in [0.05, 0.1) is 12.7 Å². The fourth-order valence-corrected chi connectivity index (χ4v) is 1.64. The molecule has 0 aliphatic rings. The van der Waals surface area contributed by atoms with Crippen molar-refractivity contribution >= 4 is 5.97 Å². The van der Waals surface area contributed by atoms with Crippen LogP contribution in [0.15, 0.2) is 12.7 Å². The molecule has 0 spiro atoms. The van der Waals surface area contributed by atoms with Gasteiger partial charge in [-0.3, -0.25) is 0 Å². The van der Waals surface area contributed by atoms with Crippen LogP contribution in [0.5, 0.6) is 0 Å². The van der Waals surface area contributed by atoms with E-state index in [9.17, 15) is 4.79 Å². The smallest absolute Gasteiger partial charge is 0.330 e. The van der Waals surface area contributed by atoms with Crippen molar-refractivity contribution < 1.29 is 14.3 Å². The molecule has 0 saturated carbocycles. The maximum Gasteiger partial charge on any atom is 0.330 e. The summed E-state index contributed by atoms with van der Waals surface area (Å²) in [7, 11) is 0. The van der Waals surface area contributed by atoms with Gasteiger partial charge >= 0.3 is 5.97 Å². The third-order valence-corrected chi connectivity index (χ3v) is 2.65. The number of esters is 1. The van der Waals surface area contributed by atoms with E-state index in [2.05, 4.69) is 20.4 Å². The zero-order chi connectivity index (χ0) is 13.6. The van der Waals surface area contributed by atoms with E-state index in [0.29, 0.717) is 12.7 Å².